The minimum Gasteiger partial charge on any atom is -0.490 e. The third-order valence-electron chi connectivity index (χ3n) is 5.91. The van der Waals surface area contributed by atoms with Crippen LogP contribution in [0.4, 0.5) is 5.69 Å². The Labute approximate surface area is 236 Å². The number of hydrogen-bond acceptors (Lipinski definition) is 8. The second-order valence-corrected chi connectivity index (χ2v) is 8.86. The monoisotopic (exact) mass is 558 g/mol. The molecule has 11 nitrogen and oxygen atoms in total. The van der Waals surface area contributed by atoms with Crippen LogP contribution in [-0.4, -0.2) is 34.8 Å². The van der Waals surface area contributed by atoms with Gasteiger partial charge in [0, 0.05) is 28.7 Å². The minimum absolute atomic E-state index is 0.00898. The molecule has 0 bridgehead atoms. The Morgan fingerprint density at radius 3 is 2.46 bits per heavy atom. The van der Waals surface area contributed by atoms with Gasteiger partial charge in [0.15, 0.2) is 11.5 Å². The number of amides is 1. The van der Waals surface area contributed by atoms with Crippen molar-refractivity contribution in [2.24, 2.45) is 5.10 Å². The first-order valence-corrected chi connectivity index (χ1v) is 12.8. The summed E-state index contributed by atoms with van der Waals surface area (Å²) >= 11 is 0. The Bertz CT molecular complexity index is 1550. The lowest BCUT2D eigenvalue weighted by molar-refractivity contribution is -0.385. The molecule has 1 amide bonds. The molecule has 0 unspecified atom stereocenters. The third-order valence-corrected chi connectivity index (χ3v) is 5.91. The smallest absolute Gasteiger partial charge is 0.315 e. The van der Waals surface area contributed by atoms with Gasteiger partial charge < -0.3 is 23.2 Å². The minimum atomic E-state index is -0.597. The van der Waals surface area contributed by atoms with Gasteiger partial charge in [-0.25, -0.2) is 5.43 Å². The van der Waals surface area contributed by atoms with Crippen LogP contribution in [0.2, 0.25) is 0 Å². The molecule has 0 saturated heterocycles. The Morgan fingerprint density at radius 2 is 1.80 bits per heavy atom. The summed E-state index contributed by atoms with van der Waals surface area (Å²) in [5.74, 6) is 0.711. The molecular weight excluding hydrogens is 528 g/mol. The summed E-state index contributed by atoms with van der Waals surface area (Å²) in [7, 11) is 0. The number of carbonyl (C=O) groups is 1. The number of benzene rings is 2. The van der Waals surface area contributed by atoms with Crippen LogP contribution < -0.4 is 19.6 Å². The third kappa shape index (κ3) is 7.01. The van der Waals surface area contributed by atoms with E-state index < -0.39 is 10.8 Å². The lowest BCUT2D eigenvalue weighted by Gasteiger charge is -2.12. The lowest BCUT2D eigenvalue weighted by atomic mass is 10.2. The van der Waals surface area contributed by atoms with Crippen LogP contribution in [-0.2, 0) is 6.61 Å². The highest BCUT2D eigenvalue weighted by Crippen LogP contribution is 2.38. The average molecular weight is 559 g/mol. The number of nitrogens with one attached hydrogen (secondary N) is 1. The predicted octanol–water partition coefficient (Wildman–Crippen LogP) is 5.90. The van der Waals surface area contributed by atoms with Crippen molar-refractivity contribution in [2.75, 3.05) is 13.2 Å². The maximum Gasteiger partial charge on any atom is 0.315 e. The summed E-state index contributed by atoms with van der Waals surface area (Å²) in [5, 5.41) is 15.5. The molecular formula is C30H30N4O7. The lowest BCUT2D eigenvalue weighted by Crippen LogP contribution is -2.16. The Morgan fingerprint density at radius 1 is 1.07 bits per heavy atom. The highest BCUT2D eigenvalue weighted by molar-refractivity contribution is 5.92. The number of hydrazone groups is 1. The summed E-state index contributed by atoms with van der Waals surface area (Å²) in [6, 6.07) is 17.8. The van der Waals surface area contributed by atoms with E-state index in [0.29, 0.717) is 17.1 Å². The van der Waals surface area contributed by atoms with Crippen molar-refractivity contribution in [1.82, 2.24) is 9.99 Å². The first kappa shape index (κ1) is 28.7. The largest absolute Gasteiger partial charge is 0.490 e. The van der Waals surface area contributed by atoms with Gasteiger partial charge in [-0.15, -0.1) is 0 Å². The molecule has 1 N–H and O–H groups in total. The van der Waals surface area contributed by atoms with Crippen molar-refractivity contribution in [1.29, 1.82) is 0 Å². The van der Waals surface area contributed by atoms with E-state index in [1.54, 1.807) is 13.0 Å². The van der Waals surface area contributed by atoms with Gasteiger partial charge in [0.1, 0.15) is 24.7 Å². The summed E-state index contributed by atoms with van der Waals surface area (Å²) in [6.07, 6.45) is 2.73. The van der Waals surface area contributed by atoms with E-state index in [-0.39, 0.29) is 42.8 Å². The van der Waals surface area contributed by atoms with Gasteiger partial charge in [-0.05, 0) is 75.4 Å². The zero-order chi connectivity index (χ0) is 29.4. The molecule has 0 aliphatic carbocycles. The van der Waals surface area contributed by atoms with Crippen molar-refractivity contribution < 1.29 is 28.3 Å². The molecule has 41 heavy (non-hydrogen) atoms. The fraction of sp³-hybridized carbons (Fsp3) is 0.200. The number of nitrogens with zero attached hydrogens (tertiary/aromatic N) is 3. The van der Waals surface area contributed by atoms with E-state index in [4.69, 9.17) is 18.6 Å². The SMILES string of the molecule is C=CCOc1c(OCC)cc(/C=N/NC(=O)c2ccc(COc3ccc(-n4c(C)ccc4C)cc3)o2)cc1[N+](=O)[O-]. The topological polar surface area (TPSA) is 130 Å². The zero-order valence-corrected chi connectivity index (χ0v) is 23.0. The molecule has 2 aromatic carbocycles. The van der Waals surface area contributed by atoms with Gasteiger partial charge >= 0.3 is 11.6 Å². The molecule has 2 aromatic heterocycles. The van der Waals surface area contributed by atoms with Crippen LogP contribution in [0.3, 0.4) is 0 Å². The van der Waals surface area contributed by atoms with Crippen LogP contribution in [0.5, 0.6) is 17.2 Å². The number of furan rings is 1. The Balaban J connectivity index is 1.37. The first-order chi connectivity index (χ1) is 19.8. The number of ether oxygens (including phenoxy) is 3. The molecule has 0 aliphatic heterocycles. The molecule has 2 heterocycles. The molecule has 0 saturated carbocycles. The number of rotatable bonds is 13. The summed E-state index contributed by atoms with van der Waals surface area (Å²) < 4.78 is 24.5. The van der Waals surface area contributed by atoms with Gasteiger partial charge in [-0.1, -0.05) is 12.7 Å². The predicted molar refractivity (Wildman–Crippen MR) is 153 cm³/mol. The first-order valence-electron chi connectivity index (χ1n) is 12.8. The van der Waals surface area contributed by atoms with Crippen LogP contribution in [0, 0.1) is 24.0 Å². The van der Waals surface area contributed by atoms with Crippen LogP contribution in [0.15, 0.2) is 82.8 Å². The maximum absolute atomic E-state index is 12.5. The second-order valence-electron chi connectivity index (χ2n) is 8.86. The molecule has 212 valence electrons. The van der Waals surface area contributed by atoms with Gasteiger partial charge in [0.2, 0.25) is 5.75 Å². The number of carbonyl (C=O) groups excluding carboxylic acids is 1. The van der Waals surface area contributed by atoms with Crippen LogP contribution >= 0.6 is 0 Å². The van der Waals surface area contributed by atoms with Gasteiger partial charge in [0.05, 0.1) is 17.7 Å². The molecule has 0 aliphatic rings. The van der Waals surface area contributed by atoms with Crippen molar-refractivity contribution in [3.8, 4) is 22.9 Å². The van der Waals surface area contributed by atoms with E-state index in [2.05, 4.69) is 47.7 Å². The summed E-state index contributed by atoms with van der Waals surface area (Å²) in [6.45, 7) is 9.87. The summed E-state index contributed by atoms with van der Waals surface area (Å²) in [4.78, 5) is 23.5. The quantitative estimate of drug-likeness (QED) is 0.0935. The fourth-order valence-electron chi connectivity index (χ4n) is 4.09. The number of hydrogen-bond donors (Lipinski definition) is 1. The van der Waals surface area contributed by atoms with Crippen molar-refractivity contribution in [3.05, 3.63) is 112 Å². The number of aromatic nitrogens is 1. The van der Waals surface area contributed by atoms with Gasteiger partial charge in [-0.2, -0.15) is 5.10 Å². The van der Waals surface area contributed by atoms with Gasteiger partial charge in [0.25, 0.3) is 0 Å². The molecule has 0 fully saturated rings. The van der Waals surface area contributed by atoms with Crippen LogP contribution in [0.1, 0.15) is 40.2 Å². The van der Waals surface area contributed by atoms with Crippen molar-refractivity contribution in [3.63, 3.8) is 0 Å². The highest BCUT2D eigenvalue weighted by Gasteiger charge is 2.22. The standard InChI is InChI=1S/C30H30N4O7/c1-5-15-39-29-26(34(36)37)16-22(17-28(29)38-6-2)18-31-32-30(35)27-14-13-25(41-27)19-40-24-11-9-23(10-12-24)33-20(3)7-8-21(33)4/h5,7-14,16-18H,1,6,15,19H2,2-4H3,(H,32,35)/b31-18+. The van der Waals surface area contributed by atoms with Crippen molar-refractivity contribution in [2.45, 2.75) is 27.4 Å². The normalized spacial score (nSPS) is 10.9. The van der Waals surface area contributed by atoms with Crippen molar-refractivity contribution >= 4 is 17.8 Å². The Kier molecular flexibility index (Phi) is 9.20. The van der Waals surface area contributed by atoms with E-state index >= 15 is 0 Å². The summed E-state index contributed by atoms with van der Waals surface area (Å²) in [5.41, 5.74) is 5.70. The van der Waals surface area contributed by atoms with Gasteiger partial charge in [-0.3, -0.25) is 14.9 Å². The molecule has 0 radical (unpaired) electrons. The van der Waals surface area contributed by atoms with Crippen LogP contribution in [0.25, 0.3) is 5.69 Å². The molecule has 11 heteroatoms. The zero-order valence-electron chi connectivity index (χ0n) is 23.0. The maximum atomic E-state index is 12.5. The van der Waals surface area contributed by atoms with E-state index in [9.17, 15) is 14.9 Å². The van der Waals surface area contributed by atoms with E-state index in [1.807, 2.05) is 24.3 Å². The second kappa shape index (κ2) is 13.2. The molecule has 0 spiro atoms. The number of nitro benzene ring substituents is 1. The molecule has 4 aromatic rings. The fourth-order valence-corrected chi connectivity index (χ4v) is 4.09. The van der Waals surface area contributed by atoms with E-state index in [0.717, 1.165) is 17.1 Å². The average Bonchev–Trinajstić information content (AvgIpc) is 3.57. The molecule has 4 rings (SSSR count). The number of nitro groups is 1. The highest BCUT2D eigenvalue weighted by atomic mass is 16.6. The number of aryl methyl sites for hydroxylation is 2. The van der Waals surface area contributed by atoms with E-state index in [1.165, 1.54) is 30.5 Å². The molecule has 0 atom stereocenters. The Hall–Kier alpha value is -5.32.